The molecule has 2 aromatic rings. The molecule has 0 radical (unpaired) electrons. The van der Waals surface area contributed by atoms with E-state index in [1.165, 1.54) is 32.4 Å². The first-order valence-corrected chi connectivity index (χ1v) is 10.5. The Balaban J connectivity index is 1.31. The minimum atomic E-state index is 0.202. The molecule has 0 N–H and O–H groups in total. The van der Waals surface area contributed by atoms with Crippen LogP contribution < -0.4 is 0 Å². The zero-order valence-corrected chi connectivity index (χ0v) is 16.8. The van der Waals surface area contributed by atoms with Crippen LogP contribution in [0.5, 0.6) is 0 Å². The molecule has 1 amide bonds. The van der Waals surface area contributed by atoms with Crippen molar-refractivity contribution in [2.45, 2.75) is 51.0 Å². The van der Waals surface area contributed by atoms with Gasteiger partial charge in [0.25, 0.3) is 0 Å². The van der Waals surface area contributed by atoms with Gasteiger partial charge in [-0.3, -0.25) is 14.7 Å². The van der Waals surface area contributed by atoms with Crippen molar-refractivity contribution in [1.82, 2.24) is 29.5 Å². The normalized spacial score (nSPS) is 19.1. The zero-order valence-electron chi connectivity index (χ0n) is 16.8. The Morgan fingerprint density at radius 2 is 1.75 bits per heavy atom. The first-order valence-electron chi connectivity index (χ1n) is 10.5. The van der Waals surface area contributed by atoms with Crippen molar-refractivity contribution in [3.05, 3.63) is 41.7 Å². The van der Waals surface area contributed by atoms with Crippen molar-refractivity contribution in [3.63, 3.8) is 0 Å². The lowest BCUT2D eigenvalue weighted by Gasteiger charge is -2.31. The molecule has 28 heavy (non-hydrogen) atoms. The monoisotopic (exact) mass is 382 g/mol. The van der Waals surface area contributed by atoms with Gasteiger partial charge in [-0.05, 0) is 56.5 Å². The molecule has 0 aliphatic carbocycles. The maximum Gasteiger partial charge on any atom is 0.226 e. The van der Waals surface area contributed by atoms with Gasteiger partial charge >= 0.3 is 0 Å². The van der Waals surface area contributed by atoms with Crippen LogP contribution in [-0.2, 0) is 24.8 Å². The molecule has 2 fully saturated rings. The van der Waals surface area contributed by atoms with Crippen LogP contribution in [0.4, 0.5) is 0 Å². The lowest BCUT2D eigenvalue weighted by molar-refractivity contribution is -0.131. The van der Waals surface area contributed by atoms with Gasteiger partial charge in [-0.1, -0.05) is 6.42 Å². The van der Waals surface area contributed by atoms with Crippen LogP contribution in [0.2, 0.25) is 0 Å². The van der Waals surface area contributed by atoms with Gasteiger partial charge in [-0.2, -0.15) is 0 Å². The van der Waals surface area contributed by atoms with E-state index in [4.69, 9.17) is 0 Å². The summed E-state index contributed by atoms with van der Waals surface area (Å²) >= 11 is 0. The summed E-state index contributed by atoms with van der Waals surface area (Å²) in [6, 6.07) is 3.82. The lowest BCUT2D eigenvalue weighted by atomic mass is 9.95. The summed E-state index contributed by atoms with van der Waals surface area (Å²) < 4.78 is 2.19. The first kappa shape index (κ1) is 19.1. The second-order valence-corrected chi connectivity index (χ2v) is 8.06. The fourth-order valence-corrected chi connectivity index (χ4v) is 4.36. The van der Waals surface area contributed by atoms with Crippen molar-refractivity contribution < 1.29 is 4.79 Å². The summed E-state index contributed by atoms with van der Waals surface area (Å²) in [5.74, 6) is 2.73. The van der Waals surface area contributed by atoms with E-state index in [0.717, 1.165) is 49.7 Å². The highest BCUT2D eigenvalue weighted by atomic mass is 16.2. The van der Waals surface area contributed by atoms with Crippen molar-refractivity contribution in [3.8, 4) is 0 Å². The van der Waals surface area contributed by atoms with Crippen molar-refractivity contribution in [1.29, 1.82) is 0 Å². The smallest absolute Gasteiger partial charge is 0.226 e. The minimum absolute atomic E-state index is 0.202. The number of nitrogens with zero attached hydrogens (tertiary/aromatic N) is 6. The molecule has 0 atom stereocenters. The third-order valence-corrected chi connectivity index (χ3v) is 6.13. The number of carbonyl (C=O) groups excluding carboxylic acids is 1. The fourth-order valence-electron chi connectivity index (χ4n) is 4.36. The summed E-state index contributed by atoms with van der Waals surface area (Å²) in [6.45, 7) is 4.82. The van der Waals surface area contributed by atoms with Crippen LogP contribution in [0.15, 0.2) is 24.5 Å². The molecule has 4 heterocycles. The number of hydrogen-bond acceptors (Lipinski definition) is 5. The molecule has 0 bridgehead atoms. The van der Waals surface area contributed by atoms with E-state index < -0.39 is 0 Å². The number of piperidine rings is 2. The highest BCUT2D eigenvalue weighted by molar-refractivity contribution is 5.78. The molecule has 2 saturated heterocycles. The van der Waals surface area contributed by atoms with Crippen LogP contribution in [0.25, 0.3) is 0 Å². The van der Waals surface area contributed by atoms with Crippen LogP contribution >= 0.6 is 0 Å². The molecule has 7 nitrogen and oxygen atoms in total. The van der Waals surface area contributed by atoms with E-state index in [2.05, 4.69) is 31.7 Å². The predicted molar refractivity (Wildman–Crippen MR) is 107 cm³/mol. The molecule has 4 rings (SSSR count). The van der Waals surface area contributed by atoms with Gasteiger partial charge in [0, 0.05) is 38.4 Å². The number of rotatable bonds is 5. The number of carbonyl (C=O) groups is 1. The molecule has 0 spiro atoms. The van der Waals surface area contributed by atoms with Gasteiger partial charge in [-0.25, -0.2) is 0 Å². The molecule has 0 unspecified atom stereocenters. The Kier molecular flexibility index (Phi) is 6.00. The Morgan fingerprint density at radius 1 is 1.04 bits per heavy atom. The Bertz CT molecular complexity index is 775. The molecule has 2 aliphatic rings. The van der Waals surface area contributed by atoms with Crippen LogP contribution in [0.1, 0.15) is 55.2 Å². The highest BCUT2D eigenvalue weighted by Crippen LogP contribution is 2.27. The maximum absolute atomic E-state index is 12.6. The number of aromatic nitrogens is 4. The predicted octanol–water partition coefficient (Wildman–Crippen LogP) is 2.14. The Morgan fingerprint density at radius 3 is 2.46 bits per heavy atom. The minimum Gasteiger partial charge on any atom is -0.342 e. The van der Waals surface area contributed by atoms with Gasteiger partial charge in [0.2, 0.25) is 5.91 Å². The van der Waals surface area contributed by atoms with E-state index in [0.29, 0.717) is 12.3 Å². The van der Waals surface area contributed by atoms with Crippen LogP contribution in [0, 0.1) is 0 Å². The largest absolute Gasteiger partial charge is 0.342 e. The third kappa shape index (κ3) is 4.41. The molecule has 2 aliphatic heterocycles. The van der Waals surface area contributed by atoms with Crippen LogP contribution in [-0.4, -0.2) is 61.6 Å². The molecule has 7 heteroatoms. The summed E-state index contributed by atoms with van der Waals surface area (Å²) in [7, 11) is 2.09. The standard InChI is InChI=1S/C21H30N6O/c1-25-19(16-26-11-3-2-4-12-26)23-24-21(25)18-7-13-27(14-8-18)20(28)15-17-5-9-22-10-6-17/h5-6,9-10,18H,2-4,7-8,11-16H2,1H3. The van der Waals surface area contributed by atoms with Gasteiger partial charge in [0.15, 0.2) is 0 Å². The average Bonchev–Trinajstić information content (AvgIpc) is 3.10. The number of pyridine rings is 1. The van der Waals surface area contributed by atoms with Crippen molar-refractivity contribution in [2.75, 3.05) is 26.2 Å². The van der Waals surface area contributed by atoms with E-state index in [1.807, 2.05) is 17.0 Å². The quantitative estimate of drug-likeness (QED) is 0.793. The number of hydrogen-bond donors (Lipinski definition) is 0. The number of likely N-dealkylation sites (tertiary alicyclic amines) is 2. The Labute approximate surface area is 166 Å². The molecule has 0 saturated carbocycles. The zero-order chi connectivity index (χ0) is 19.3. The van der Waals surface area contributed by atoms with Gasteiger partial charge in [0.1, 0.15) is 11.6 Å². The lowest BCUT2D eigenvalue weighted by Crippen LogP contribution is -2.39. The summed E-state index contributed by atoms with van der Waals surface area (Å²) in [6.07, 6.45) is 9.77. The van der Waals surface area contributed by atoms with E-state index in [1.54, 1.807) is 12.4 Å². The summed E-state index contributed by atoms with van der Waals surface area (Å²) in [5, 5.41) is 9.00. The molecule has 0 aromatic carbocycles. The topological polar surface area (TPSA) is 67.2 Å². The maximum atomic E-state index is 12.6. The summed E-state index contributed by atoms with van der Waals surface area (Å²) in [4.78, 5) is 21.1. The third-order valence-electron chi connectivity index (χ3n) is 6.13. The fraction of sp³-hybridized carbons (Fsp3) is 0.619. The SMILES string of the molecule is Cn1c(CN2CCCCC2)nnc1C1CCN(C(=O)Cc2ccncc2)CC1. The molecular weight excluding hydrogens is 352 g/mol. The van der Waals surface area contributed by atoms with Gasteiger partial charge < -0.3 is 9.47 Å². The molecule has 150 valence electrons. The number of amides is 1. The highest BCUT2D eigenvalue weighted by Gasteiger charge is 2.27. The average molecular weight is 383 g/mol. The Hall–Kier alpha value is -2.28. The first-order chi connectivity index (χ1) is 13.7. The second-order valence-electron chi connectivity index (χ2n) is 8.06. The second kappa shape index (κ2) is 8.82. The van der Waals surface area contributed by atoms with E-state index in [-0.39, 0.29) is 5.91 Å². The molecule has 2 aromatic heterocycles. The van der Waals surface area contributed by atoms with E-state index in [9.17, 15) is 4.79 Å². The molecular formula is C21H30N6O. The van der Waals surface area contributed by atoms with Gasteiger partial charge in [0.05, 0.1) is 13.0 Å². The van der Waals surface area contributed by atoms with Crippen molar-refractivity contribution in [2.24, 2.45) is 7.05 Å². The van der Waals surface area contributed by atoms with E-state index >= 15 is 0 Å². The van der Waals surface area contributed by atoms with Gasteiger partial charge in [-0.15, -0.1) is 10.2 Å². The van der Waals surface area contributed by atoms with Crippen molar-refractivity contribution >= 4 is 5.91 Å². The summed E-state index contributed by atoms with van der Waals surface area (Å²) in [5.41, 5.74) is 1.03. The van der Waals surface area contributed by atoms with Crippen LogP contribution in [0.3, 0.4) is 0 Å².